The standard InChI is InChI=1S/C48H36N4P2S2/c55-53(49(37-21-5-1-6-22-37)43-31-15-16-32-44(43)50(53)38-23-7-2-8-24-38)47-35-19-13-29-41(47)42-30-14-20-36-48(42)54(56)51(39-25-9-3-10-26-39)45-33-17-18-34-46(45)52(54)40-27-11-4-12-28-40/h1-36H. The Bertz CT molecular complexity index is 2470. The van der Waals surface area contributed by atoms with Gasteiger partial charge in [0.05, 0.1) is 22.7 Å². The van der Waals surface area contributed by atoms with Gasteiger partial charge >= 0.3 is 0 Å². The molecule has 8 heteroatoms. The van der Waals surface area contributed by atoms with E-state index in [9.17, 15) is 0 Å². The summed E-state index contributed by atoms with van der Waals surface area (Å²) >= 11 is 14.6. The van der Waals surface area contributed by atoms with E-state index < -0.39 is 12.7 Å². The van der Waals surface area contributed by atoms with E-state index in [0.717, 1.165) is 67.2 Å². The highest BCUT2D eigenvalue weighted by atomic mass is 32.4. The monoisotopic (exact) mass is 794 g/mol. The van der Waals surface area contributed by atoms with Gasteiger partial charge in [-0.15, -0.1) is 0 Å². The Kier molecular flexibility index (Phi) is 8.73. The number of para-hydroxylation sites is 8. The SMILES string of the molecule is S=P1(c2ccccc2-c2ccccc2P2(=S)N(c3ccccc3)c3ccccc3N2c2ccccc2)N(c2ccccc2)c2ccccc2N1c1ccccc1. The van der Waals surface area contributed by atoms with Crippen molar-refractivity contribution >= 4 is 92.4 Å². The predicted molar refractivity (Wildman–Crippen MR) is 247 cm³/mol. The summed E-state index contributed by atoms with van der Waals surface area (Å²) in [6.07, 6.45) is -5.80. The molecule has 0 unspecified atom stereocenters. The average Bonchev–Trinajstić information content (AvgIpc) is 3.70. The van der Waals surface area contributed by atoms with E-state index in [1.54, 1.807) is 0 Å². The maximum atomic E-state index is 7.32. The molecule has 0 bridgehead atoms. The molecule has 270 valence electrons. The van der Waals surface area contributed by atoms with Gasteiger partial charge in [-0.05, 0) is 120 Å². The van der Waals surface area contributed by atoms with Crippen molar-refractivity contribution in [3.8, 4) is 11.1 Å². The Hall–Kier alpha value is -5.74. The van der Waals surface area contributed by atoms with E-state index in [0.29, 0.717) is 0 Å². The molecular weight excluding hydrogens is 759 g/mol. The van der Waals surface area contributed by atoms with E-state index in [4.69, 9.17) is 23.6 Å². The van der Waals surface area contributed by atoms with Crippen LogP contribution in [0.25, 0.3) is 11.1 Å². The van der Waals surface area contributed by atoms with E-state index >= 15 is 0 Å². The van der Waals surface area contributed by atoms with Crippen LogP contribution in [-0.4, -0.2) is 0 Å². The molecule has 0 amide bonds. The van der Waals surface area contributed by atoms with Gasteiger partial charge in [0, 0.05) is 33.4 Å². The molecule has 0 saturated heterocycles. The first-order valence-electron chi connectivity index (χ1n) is 18.6. The molecule has 2 aliphatic heterocycles. The van der Waals surface area contributed by atoms with Crippen molar-refractivity contribution in [1.29, 1.82) is 0 Å². The minimum atomic E-state index is -2.90. The van der Waals surface area contributed by atoms with Crippen LogP contribution in [0.5, 0.6) is 0 Å². The summed E-state index contributed by atoms with van der Waals surface area (Å²) in [7, 11) is 0. The van der Waals surface area contributed by atoms with E-state index in [1.165, 1.54) is 0 Å². The summed E-state index contributed by atoms with van der Waals surface area (Å²) in [6, 6.07) is 77.4. The molecule has 0 radical (unpaired) electrons. The summed E-state index contributed by atoms with van der Waals surface area (Å²) in [5.41, 5.74) is 10.8. The van der Waals surface area contributed by atoms with Crippen molar-refractivity contribution in [1.82, 2.24) is 0 Å². The topological polar surface area (TPSA) is 13.0 Å². The van der Waals surface area contributed by atoms with Crippen LogP contribution in [0, 0.1) is 0 Å². The predicted octanol–water partition coefficient (Wildman–Crippen LogP) is 13.2. The lowest BCUT2D eigenvalue weighted by Crippen LogP contribution is -2.30. The first-order valence-corrected chi connectivity index (χ1v) is 24.0. The van der Waals surface area contributed by atoms with Crippen LogP contribution in [0.4, 0.5) is 45.5 Å². The van der Waals surface area contributed by atoms with E-state index in [2.05, 4.69) is 237 Å². The zero-order valence-electron chi connectivity index (χ0n) is 30.3. The van der Waals surface area contributed by atoms with Crippen LogP contribution in [0.3, 0.4) is 0 Å². The van der Waals surface area contributed by atoms with Crippen LogP contribution in [0.15, 0.2) is 218 Å². The fraction of sp³-hybridized carbons (Fsp3) is 0. The number of anilines is 8. The van der Waals surface area contributed by atoms with Crippen LogP contribution in [0.1, 0.15) is 0 Å². The summed E-state index contributed by atoms with van der Waals surface area (Å²) in [6.45, 7) is 0. The Labute approximate surface area is 338 Å². The highest BCUT2D eigenvalue weighted by molar-refractivity contribution is 8.21. The van der Waals surface area contributed by atoms with Gasteiger partial charge in [-0.25, -0.2) is 0 Å². The fourth-order valence-electron chi connectivity index (χ4n) is 8.21. The third-order valence-corrected chi connectivity index (χ3v) is 19.6. The minimum absolute atomic E-state index is 1.06. The third kappa shape index (κ3) is 5.33. The molecular formula is C48H36N4P2S2. The number of fused-ring (bicyclic) bond motifs is 2. The Morgan fingerprint density at radius 1 is 0.250 bits per heavy atom. The van der Waals surface area contributed by atoms with Gasteiger partial charge < -0.3 is 0 Å². The lowest BCUT2D eigenvalue weighted by molar-refractivity contribution is 1.44. The van der Waals surface area contributed by atoms with Gasteiger partial charge in [0.2, 0.25) is 0 Å². The smallest absolute Gasteiger partial charge is 0.163 e. The third-order valence-electron chi connectivity index (χ3n) is 10.5. The van der Waals surface area contributed by atoms with Crippen LogP contribution in [0.2, 0.25) is 0 Å². The van der Waals surface area contributed by atoms with E-state index in [1.807, 2.05) is 0 Å². The molecule has 0 atom stereocenters. The van der Waals surface area contributed by atoms with Gasteiger partial charge in [-0.2, -0.15) is 0 Å². The first-order chi connectivity index (χ1) is 27.6. The number of hydrogen-bond acceptors (Lipinski definition) is 2. The molecule has 56 heavy (non-hydrogen) atoms. The highest BCUT2D eigenvalue weighted by Crippen LogP contribution is 2.73. The molecule has 4 nitrogen and oxygen atoms in total. The molecule has 10 rings (SSSR count). The largest absolute Gasteiger partial charge is 0.291 e. The van der Waals surface area contributed by atoms with Crippen LogP contribution >= 0.6 is 12.7 Å². The number of nitrogens with zero attached hydrogens (tertiary/aromatic N) is 4. The van der Waals surface area contributed by atoms with Gasteiger partial charge in [0.1, 0.15) is 0 Å². The Balaban J connectivity index is 1.26. The molecule has 0 fully saturated rings. The maximum Gasteiger partial charge on any atom is 0.163 e. The lowest BCUT2D eigenvalue weighted by atomic mass is 10.1. The fourth-order valence-corrected chi connectivity index (χ4v) is 17.8. The Morgan fingerprint density at radius 2 is 0.464 bits per heavy atom. The first kappa shape index (κ1) is 34.7. The summed E-state index contributed by atoms with van der Waals surface area (Å²) in [5.74, 6) is 0. The van der Waals surface area contributed by atoms with Gasteiger partial charge in [0.15, 0.2) is 12.7 Å². The van der Waals surface area contributed by atoms with Crippen molar-refractivity contribution in [3.05, 3.63) is 218 Å². The summed E-state index contributed by atoms with van der Waals surface area (Å²) in [5, 5.41) is 2.20. The van der Waals surface area contributed by atoms with Gasteiger partial charge in [0.25, 0.3) is 0 Å². The van der Waals surface area contributed by atoms with Crippen molar-refractivity contribution < 1.29 is 0 Å². The summed E-state index contributed by atoms with van der Waals surface area (Å²) < 4.78 is 9.73. The normalized spacial score (nSPS) is 15.1. The van der Waals surface area contributed by atoms with Crippen molar-refractivity contribution in [2.75, 3.05) is 18.7 Å². The lowest BCUT2D eigenvalue weighted by Gasteiger charge is -2.40. The van der Waals surface area contributed by atoms with Crippen molar-refractivity contribution in [3.63, 3.8) is 0 Å². The molecule has 8 aromatic carbocycles. The molecule has 2 aliphatic rings. The quantitative estimate of drug-likeness (QED) is 0.148. The second-order valence-corrected chi connectivity index (χ2v) is 21.5. The number of rotatable bonds is 7. The Morgan fingerprint density at radius 3 is 0.732 bits per heavy atom. The highest BCUT2D eigenvalue weighted by Gasteiger charge is 2.48. The molecule has 0 saturated carbocycles. The zero-order valence-corrected chi connectivity index (χ0v) is 33.7. The molecule has 8 aromatic rings. The van der Waals surface area contributed by atoms with Crippen LogP contribution in [-0.2, 0) is 23.6 Å². The van der Waals surface area contributed by atoms with E-state index in [-0.39, 0.29) is 0 Å². The minimum Gasteiger partial charge on any atom is -0.291 e. The van der Waals surface area contributed by atoms with Crippen molar-refractivity contribution in [2.24, 2.45) is 0 Å². The molecule has 2 heterocycles. The van der Waals surface area contributed by atoms with Gasteiger partial charge in [-0.3, -0.25) is 18.7 Å². The average molecular weight is 795 g/mol. The molecule has 0 aromatic heterocycles. The molecule has 0 N–H and O–H groups in total. The van der Waals surface area contributed by atoms with Gasteiger partial charge in [-0.1, -0.05) is 133 Å². The second kappa shape index (κ2) is 14.1. The molecule has 0 spiro atoms. The zero-order chi connectivity index (χ0) is 37.7. The van der Waals surface area contributed by atoms with Crippen molar-refractivity contribution in [2.45, 2.75) is 0 Å². The summed E-state index contributed by atoms with van der Waals surface area (Å²) in [4.78, 5) is 0. The maximum absolute atomic E-state index is 7.32. The molecule has 0 aliphatic carbocycles. The number of hydrogen-bond donors (Lipinski definition) is 0. The second-order valence-electron chi connectivity index (χ2n) is 13.7. The van der Waals surface area contributed by atoms with Crippen LogP contribution < -0.4 is 29.3 Å². The number of benzene rings is 8.